The van der Waals surface area contributed by atoms with Crippen LogP contribution in [0.1, 0.15) is 68.3 Å². The van der Waals surface area contributed by atoms with Gasteiger partial charge in [-0.1, -0.05) is 37.8 Å². The summed E-state index contributed by atoms with van der Waals surface area (Å²) < 4.78 is 4.45. The third kappa shape index (κ3) is 9.06. The van der Waals surface area contributed by atoms with Crippen molar-refractivity contribution in [1.82, 2.24) is 40.4 Å². The highest BCUT2D eigenvalue weighted by Crippen LogP contribution is 2.33. The van der Waals surface area contributed by atoms with Crippen LogP contribution in [0.5, 0.6) is 0 Å². The predicted octanol–water partition coefficient (Wildman–Crippen LogP) is 4.40. The number of H-pyrrole nitrogens is 2. The highest BCUT2D eigenvalue weighted by atomic mass is 16.5. The number of nitrogens with one attached hydrogen (secondary N) is 4. The molecule has 2 atom stereocenters. The van der Waals surface area contributed by atoms with Gasteiger partial charge in [0.15, 0.2) is 0 Å². The molecule has 0 saturated carbocycles. The van der Waals surface area contributed by atoms with E-state index >= 15 is 0 Å². The molecule has 4 aromatic rings. The average Bonchev–Trinajstić information content (AvgIpc) is 3.85. The summed E-state index contributed by atoms with van der Waals surface area (Å²) >= 11 is 0. The maximum Gasteiger partial charge on any atom is 0.407 e. The summed E-state index contributed by atoms with van der Waals surface area (Å²) in [6, 6.07) is 13.8. The van der Waals surface area contributed by atoms with Gasteiger partial charge in [-0.3, -0.25) is 14.5 Å². The molecule has 5 rings (SSSR count). The van der Waals surface area contributed by atoms with Gasteiger partial charge < -0.3 is 30.2 Å². The number of unbranched alkanes of at least 4 members (excludes halogenated alkanes) is 1. The van der Waals surface area contributed by atoms with E-state index in [1.807, 2.05) is 72.6 Å². The van der Waals surface area contributed by atoms with Gasteiger partial charge in [0.05, 0.1) is 48.7 Å². The number of nitrogens with zero attached hydrogens (tertiary/aromatic N) is 4. The molecule has 12 heteroatoms. The number of hydrogen-bond donors (Lipinski definition) is 4. The number of likely N-dealkylation sites (tertiary alicyclic amines) is 1. The third-order valence-electron chi connectivity index (χ3n) is 8.71. The number of ether oxygens (including phenoxy) is 1. The van der Waals surface area contributed by atoms with Crippen molar-refractivity contribution in [3.8, 4) is 23.1 Å². The zero-order valence-corrected chi connectivity index (χ0v) is 28.9. The second-order valence-electron chi connectivity index (χ2n) is 12.9. The van der Waals surface area contributed by atoms with E-state index in [1.165, 1.54) is 7.11 Å². The summed E-state index contributed by atoms with van der Waals surface area (Å²) in [4.78, 5) is 56.5. The molecule has 2 aromatic carbocycles. The third-order valence-corrected chi connectivity index (χ3v) is 8.71. The Balaban J connectivity index is 1.14. The molecule has 0 bridgehead atoms. The van der Waals surface area contributed by atoms with Gasteiger partial charge in [-0.15, -0.1) is 0 Å². The highest BCUT2D eigenvalue weighted by Gasteiger charge is 2.37. The minimum absolute atomic E-state index is 0.0422. The normalized spacial score (nSPS) is 14.9. The van der Waals surface area contributed by atoms with Crippen molar-refractivity contribution in [2.45, 2.75) is 58.0 Å². The van der Waals surface area contributed by atoms with Gasteiger partial charge in [0.25, 0.3) is 0 Å². The van der Waals surface area contributed by atoms with E-state index in [0.717, 1.165) is 83.7 Å². The summed E-state index contributed by atoms with van der Waals surface area (Å²) in [5, 5.41) is 5.13. The quantitative estimate of drug-likeness (QED) is 0.129. The molecule has 1 fully saturated rings. The van der Waals surface area contributed by atoms with E-state index in [1.54, 1.807) is 0 Å². The number of likely N-dealkylation sites (N-methyl/N-ethyl adjacent to an activating group) is 1. The Morgan fingerprint density at radius 2 is 1.80 bits per heavy atom. The first-order chi connectivity index (χ1) is 23.6. The molecule has 1 aliphatic rings. The minimum Gasteiger partial charge on any atom is -0.453 e. The number of aryl methyl sites for hydroxylation is 1. The molecule has 0 aliphatic carbocycles. The number of amides is 3. The monoisotopic (exact) mass is 666 g/mol. The standard InChI is InChI=1S/C37H46N8O4/c1-24(2)34(44(3)4)36(47)45-20-8-9-31(45)35-39-22-30(43-35)27-16-13-25(14-17-27)11-12-26-15-18-28-29(21-26)42-32(41-28)10-6-7-19-38-33(46)23-40-37(48)49-5/h13-18,21-22,24,31,34H,6-10,19-20,23H2,1-5H3,(H,38,46)(H,39,43)(H,40,48)(H,41,42). The molecule has 2 unspecified atom stereocenters. The van der Waals surface area contributed by atoms with Crippen molar-refractivity contribution in [3.05, 3.63) is 71.4 Å². The fourth-order valence-electron chi connectivity index (χ4n) is 6.31. The van der Waals surface area contributed by atoms with Crippen molar-refractivity contribution in [2.24, 2.45) is 5.92 Å². The number of benzene rings is 2. The summed E-state index contributed by atoms with van der Waals surface area (Å²) in [5.74, 6) is 8.37. The second kappa shape index (κ2) is 16.3. The Morgan fingerprint density at radius 3 is 2.53 bits per heavy atom. The highest BCUT2D eigenvalue weighted by molar-refractivity contribution is 5.83. The van der Waals surface area contributed by atoms with E-state index < -0.39 is 6.09 Å². The van der Waals surface area contributed by atoms with Crippen LogP contribution in [-0.4, -0.2) is 94.5 Å². The van der Waals surface area contributed by atoms with Crippen molar-refractivity contribution >= 4 is 28.9 Å². The molecular formula is C37H46N8O4. The molecule has 1 aliphatic heterocycles. The predicted molar refractivity (Wildman–Crippen MR) is 188 cm³/mol. The molecule has 12 nitrogen and oxygen atoms in total. The van der Waals surface area contributed by atoms with E-state index in [2.05, 4.69) is 56.0 Å². The van der Waals surface area contributed by atoms with Crippen LogP contribution >= 0.6 is 0 Å². The minimum atomic E-state index is -0.633. The van der Waals surface area contributed by atoms with Crippen LogP contribution in [0, 0.1) is 17.8 Å². The smallest absolute Gasteiger partial charge is 0.407 e. The van der Waals surface area contributed by atoms with Gasteiger partial charge in [-0.25, -0.2) is 14.8 Å². The number of alkyl carbamates (subject to hydrolysis) is 1. The summed E-state index contributed by atoms with van der Waals surface area (Å²) in [6.45, 7) is 5.34. The summed E-state index contributed by atoms with van der Waals surface area (Å²) in [5.41, 5.74) is 5.53. The van der Waals surface area contributed by atoms with Gasteiger partial charge in [-0.2, -0.15) is 0 Å². The van der Waals surface area contributed by atoms with Crippen molar-refractivity contribution in [2.75, 3.05) is 40.8 Å². The lowest BCUT2D eigenvalue weighted by atomic mass is 10.0. The van der Waals surface area contributed by atoms with Crippen LogP contribution in [0.2, 0.25) is 0 Å². The van der Waals surface area contributed by atoms with Crippen molar-refractivity contribution in [1.29, 1.82) is 0 Å². The number of methoxy groups -OCH3 is 1. The van der Waals surface area contributed by atoms with Crippen molar-refractivity contribution < 1.29 is 19.1 Å². The van der Waals surface area contributed by atoms with Gasteiger partial charge in [0.2, 0.25) is 11.8 Å². The van der Waals surface area contributed by atoms with Crippen LogP contribution < -0.4 is 10.6 Å². The second-order valence-corrected chi connectivity index (χ2v) is 12.9. The van der Waals surface area contributed by atoms with Crippen molar-refractivity contribution in [3.63, 3.8) is 0 Å². The molecule has 0 radical (unpaired) electrons. The molecular weight excluding hydrogens is 620 g/mol. The number of rotatable bonds is 12. The number of imidazole rings is 2. The average molecular weight is 667 g/mol. The Bertz CT molecular complexity index is 1810. The molecule has 2 aromatic heterocycles. The van der Waals surface area contributed by atoms with Gasteiger partial charge in [-0.05, 0) is 81.6 Å². The largest absolute Gasteiger partial charge is 0.453 e. The first-order valence-corrected chi connectivity index (χ1v) is 16.8. The molecule has 49 heavy (non-hydrogen) atoms. The maximum absolute atomic E-state index is 13.5. The Morgan fingerprint density at radius 1 is 1.04 bits per heavy atom. The van der Waals surface area contributed by atoms with Gasteiger partial charge >= 0.3 is 6.09 Å². The molecule has 3 heterocycles. The van der Waals surface area contributed by atoms with E-state index in [4.69, 9.17) is 4.98 Å². The topological polar surface area (TPSA) is 148 Å². The van der Waals surface area contributed by atoms with Crippen LogP contribution in [0.3, 0.4) is 0 Å². The SMILES string of the molecule is COC(=O)NCC(=O)NCCCCc1nc2ccc(C#Cc3ccc(-c4cnc(C5CCCN5C(=O)C(C(C)C)N(C)C)[nH]4)cc3)cc2[nH]1. The van der Waals surface area contributed by atoms with Crippen LogP contribution in [0.15, 0.2) is 48.7 Å². The van der Waals surface area contributed by atoms with Crippen LogP contribution in [-0.2, 0) is 20.7 Å². The van der Waals surface area contributed by atoms with Gasteiger partial charge in [0.1, 0.15) is 11.6 Å². The molecule has 3 amide bonds. The van der Waals surface area contributed by atoms with E-state index in [0.29, 0.717) is 6.54 Å². The zero-order valence-electron chi connectivity index (χ0n) is 28.9. The Labute approximate surface area is 287 Å². The summed E-state index contributed by atoms with van der Waals surface area (Å²) in [7, 11) is 5.19. The Hall–Kier alpha value is -5.15. The molecule has 0 spiro atoms. The summed E-state index contributed by atoms with van der Waals surface area (Å²) in [6.07, 6.45) is 5.47. The lowest BCUT2D eigenvalue weighted by Crippen LogP contribution is -2.48. The first-order valence-electron chi connectivity index (χ1n) is 16.8. The fourth-order valence-corrected chi connectivity index (χ4v) is 6.31. The number of fused-ring (bicyclic) bond motifs is 1. The first kappa shape index (κ1) is 35.2. The number of carbonyl (C=O) groups excluding carboxylic acids is 3. The lowest BCUT2D eigenvalue weighted by molar-refractivity contribution is -0.138. The molecule has 4 N–H and O–H groups in total. The maximum atomic E-state index is 13.5. The lowest BCUT2D eigenvalue weighted by Gasteiger charge is -2.33. The number of hydrogen-bond acceptors (Lipinski definition) is 7. The molecule has 1 saturated heterocycles. The Kier molecular flexibility index (Phi) is 11.7. The molecule has 258 valence electrons. The van der Waals surface area contributed by atoms with Crippen LogP contribution in [0.4, 0.5) is 4.79 Å². The van der Waals surface area contributed by atoms with Gasteiger partial charge in [0, 0.05) is 30.6 Å². The van der Waals surface area contributed by atoms with E-state index in [-0.39, 0.29) is 36.4 Å². The van der Waals surface area contributed by atoms with E-state index in [9.17, 15) is 14.4 Å². The fraction of sp³-hybridized carbons (Fsp3) is 0.432. The number of aromatic amines is 2. The zero-order chi connectivity index (χ0) is 34.9. The number of carbonyl (C=O) groups is 3. The number of aromatic nitrogens is 4. The van der Waals surface area contributed by atoms with Crippen LogP contribution in [0.25, 0.3) is 22.3 Å².